The lowest BCUT2D eigenvalue weighted by Gasteiger charge is -2.13. The largest absolute Gasteiger partial charge is 0.315 e. The lowest BCUT2D eigenvalue weighted by atomic mass is 9.98. The predicted molar refractivity (Wildman–Crippen MR) is 79.8 cm³/mol. The van der Waals surface area contributed by atoms with Crippen molar-refractivity contribution in [1.29, 1.82) is 0 Å². The molecule has 16 heavy (non-hydrogen) atoms. The third-order valence-corrected chi connectivity index (χ3v) is 3.41. The van der Waals surface area contributed by atoms with E-state index in [0.717, 1.165) is 12.5 Å². The zero-order valence-corrected chi connectivity index (χ0v) is 12.6. The quantitative estimate of drug-likeness (QED) is 0.781. The molecule has 1 aromatic rings. The molecule has 0 aliphatic heterocycles. The molecular formula is C14H22IN. The fourth-order valence-corrected chi connectivity index (χ4v) is 2.10. The number of nitrogens with one attached hydrogen (secondary N) is 1. The Labute approximate surface area is 113 Å². The van der Waals surface area contributed by atoms with Gasteiger partial charge in [0, 0.05) is 9.61 Å². The van der Waals surface area contributed by atoms with Crippen LogP contribution in [-0.2, 0) is 6.42 Å². The fraction of sp³-hybridized carbons (Fsp3) is 0.571. The van der Waals surface area contributed by atoms with Crippen LogP contribution in [0, 0.1) is 9.49 Å². The van der Waals surface area contributed by atoms with Crippen molar-refractivity contribution in [2.45, 2.75) is 39.7 Å². The molecule has 0 saturated heterocycles. The Kier molecular flexibility index (Phi) is 6.36. The Morgan fingerprint density at radius 1 is 1.12 bits per heavy atom. The molecule has 0 radical (unpaired) electrons. The van der Waals surface area contributed by atoms with Crippen LogP contribution in [0.15, 0.2) is 24.3 Å². The number of hydrogen-bond acceptors (Lipinski definition) is 1. The Bertz CT molecular complexity index is 292. The van der Waals surface area contributed by atoms with Gasteiger partial charge in [0.1, 0.15) is 0 Å². The molecule has 0 fully saturated rings. The molecule has 1 N–H and O–H groups in total. The zero-order valence-electron chi connectivity index (χ0n) is 10.5. The second-order valence-corrected chi connectivity index (χ2v) is 6.08. The smallest absolute Gasteiger partial charge is 0.0130 e. The van der Waals surface area contributed by atoms with Crippen LogP contribution in [0.4, 0.5) is 0 Å². The van der Waals surface area contributed by atoms with E-state index in [-0.39, 0.29) is 0 Å². The average molecular weight is 331 g/mol. The maximum Gasteiger partial charge on any atom is 0.0130 e. The highest BCUT2D eigenvalue weighted by molar-refractivity contribution is 14.1. The third kappa shape index (κ3) is 5.85. The molecule has 2 heteroatoms. The Hall–Kier alpha value is -0.0900. The first-order valence-electron chi connectivity index (χ1n) is 6.05. The average Bonchev–Trinajstić information content (AvgIpc) is 2.21. The molecule has 1 unspecified atom stereocenters. The highest BCUT2D eigenvalue weighted by Crippen LogP contribution is 2.13. The first-order chi connectivity index (χ1) is 7.58. The summed E-state index contributed by atoms with van der Waals surface area (Å²) >= 11 is 2.35. The van der Waals surface area contributed by atoms with Gasteiger partial charge in [-0.15, -0.1) is 0 Å². The van der Waals surface area contributed by atoms with Gasteiger partial charge >= 0.3 is 0 Å². The SMILES string of the molecule is CC(CCNC(C)C)Cc1ccc(I)cc1. The highest BCUT2D eigenvalue weighted by atomic mass is 127. The summed E-state index contributed by atoms with van der Waals surface area (Å²) < 4.78 is 1.32. The van der Waals surface area contributed by atoms with Crippen molar-refractivity contribution >= 4 is 22.6 Å². The van der Waals surface area contributed by atoms with Gasteiger partial charge < -0.3 is 5.32 Å². The van der Waals surface area contributed by atoms with E-state index in [2.05, 4.69) is 72.9 Å². The molecule has 0 saturated carbocycles. The monoisotopic (exact) mass is 331 g/mol. The van der Waals surface area contributed by atoms with Crippen molar-refractivity contribution in [3.8, 4) is 0 Å². The number of rotatable bonds is 6. The maximum absolute atomic E-state index is 3.47. The van der Waals surface area contributed by atoms with E-state index in [1.165, 1.54) is 22.0 Å². The molecule has 1 atom stereocenters. The number of hydrogen-bond donors (Lipinski definition) is 1. The summed E-state index contributed by atoms with van der Waals surface area (Å²) in [5.41, 5.74) is 1.46. The van der Waals surface area contributed by atoms with Gasteiger partial charge in [-0.3, -0.25) is 0 Å². The molecule has 1 nitrogen and oxygen atoms in total. The van der Waals surface area contributed by atoms with Crippen LogP contribution < -0.4 is 5.32 Å². The van der Waals surface area contributed by atoms with Gasteiger partial charge in [0.2, 0.25) is 0 Å². The van der Waals surface area contributed by atoms with Crippen LogP contribution in [0.3, 0.4) is 0 Å². The molecular weight excluding hydrogens is 309 g/mol. The summed E-state index contributed by atoms with van der Waals surface area (Å²) in [5, 5.41) is 3.47. The second kappa shape index (κ2) is 7.28. The van der Waals surface area contributed by atoms with E-state index in [0.29, 0.717) is 6.04 Å². The summed E-state index contributed by atoms with van der Waals surface area (Å²) in [6.07, 6.45) is 2.45. The van der Waals surface area contributed by atoms with Crippen LogP contribution in [-0.4, -0.2) is 12.6 Å². The minimum atomic E-state index is 0.602. The molecule has 0 bridgehead atoms. The van der Waals surface area contributed by atoms with Crippen molar-refractivity contribution < 1.29 is 0 Å². The van der Waals surface area contributed by atoms with Crippen LogP contribution in [0.5, 0.6) is 0 Å². The van der Waals surface area contributed by atoms with E-state index < -0.39 is 0 Å². The highest BCUT2D eigenvalue weighted by Gasteiger charge is 2.04. The van der Waals surface area contributed by atoms with Crippen LogP contribution in [0.1, 0.15) is 32.8 Å². The zero-order chi connectivity index (χ0) is 12.0. The number of halogens is 1. The summed E-state index contributed by atoms with van der Waals surface area (Å²) in [4.78, 5) is 0. The van der Waals surface area contributed by atoms with Crippen molar-refractivity contribution in [3.63, 3.8) is 0 Å². The first-order valence-corrected chi connectivity index (χ1v) is 7.13. The van der Waals surface area contributed by atoms with E-state index in [1.54, 1.807) is 0 Å². The standard InChI is InChI=1S/C14H22IN/c1-11(2)16-9-8-12(3)10-13-4-6-14(15)7-5-13/h4-7,11-12,16H,8-10H2,1-3H3. The van der Waals surface area contributed by atoms with E-state index in [9.17, 15) is 0 Å². The molecule has 0 heterocycles. The molecule has 0 aliphatic carbocycles. The fourth-order valence-electron chi connectivity index (χ4n) is 1.74. The molecule has 0 spiro atoms. The van der Waals surface area contributed by atoms with E-state index in [4.69, 9.17) is 0 Å². The van der Waals surface area contributed by atoms with Crippen LogP contribution >= 0.6 is 22.6 Å². The summed E-state index contributed by atoms with van der Waals surface area (Å²) in [5.74, 6) is 0.756. The van der Waals surface area contributed by atoms with Crippen molar-refractivity contribution in [2.75, 3.05) is 6.54 Å². The topological polar surface area (TPSA) is 12.0 Å². The van der Waals surface area contributed by atoms with Gasteiger partial charge in [-0.05, 0) is 65.6 Å². The normalized spacial score (nSPS) is 13.1. The Morgan fingerprint density at radius 2 is 1.75 bits per heavy atom. The lowest BCUT2D eigenvalue weighted by molar-refractivity contribution is 0.476. The van der Waals surface area contributed by atoms with Gasteiger partial charge in [0.15, 0.2) is 0 Å². The Morgan fingerprint density at radius 3 is 2.31 bits per heavy atom. The molecule has 90 valence electrons. The van der Waals surface area contributed by atoms with Gasteiger partial charge in [0.05, 0.1) is 0 Å². The Balaban J connectivity index is 2.28. The summed E-state index contributed by atoms with van der Waals surface area (Å²) in [7, 11) is 0. The van der Waals surface area contributed by atoms with Gasteiger partial charge in [-0.1, -0.05) is 32.9 Å². The summed E-state index contributed by atoms with van der Waals surface area (Å²) in [6, 6.07) is 9.47. The third-order valence-electron chi connectivity index (χ3n) is 2.69. The van der Waals surface area contributed by atoms with Crippen LogP contribution in [0.2, 0.25) is 0 Å². The van der Waals surface area contributed by atoms with Crippen molar-refractivity contribution in [3.05, 3.63) is 33.4 Å². The molecule has 0 aliphatic rings. The molecule has 1 aromatic carbocycles. The van der Waals surface area contributed by atoms with Gasteiger partial charge in [-0.2, -0.15) is 0 Å². The molecule has 0 aromatic heterocycles. The minimum absolute atomic E-state index is 0.602. The van der Waals surface area contributed by atoms with Crippen molar-refractivity contribution in [1.82, 2.24) is 5.32 Å². The van der Waals surface area contributed by atoms with Crippen molar-refractivity contribution in [2.24, 2.45) is 5.92 Å². The minimum Gasteiger partial charge on any atom is -0.315 e. The first kappa shape index (κ1) is 14.0. The van der Waals surface area contributed by atoms with E-state index in [1.807, 2.05) is 0 Å². The molecule has 1 rings (SSSR count). The van der Waals surface area contributed by atoms with E-state index >= 15 is 0 Å². The van der Waals surface area contributed by atoms with Crippen LogP contribution in [0.25, 0.3) is 0 Å². The second-order valence-electron chi connectivity index (χ2n) is 4.83. The van der Waals surface area contributed by atoms with Gasteiger partial charge in [0.25, 0.3) is 0 Å². The maximum atomic E-state index is 3.47. The van der Waals surface area contributed by atoms with Gasteiger partial charge in [-0.25, -0.2) is 0 Å². The number of benzene rings is 1. The summed E-state index contributed by atoms with van der Waals surface area (Å²) in [6.45, 7) is 7.86. The molecule has 0 amide bonds. The lowest BCUT2D eigenvalue weighted by Crippen LogP contribution is -2.25. The predicted octanol–water partition coefficient (Wildman–Crippen LogP) is 3.86.